The van der Waals surface area contributed by atoms with Crippen LogP contribution in [0.25, 0.3) is 0 Å². The zero-order valence-electron chi connectivity index (χ0n) is 16.0. The minimum Gasteiger partial charge on any atom is -1.00 e. The summed E-state index contributed by atoms with van der Waals surface area (Å²) >= 11 is 0. The second-order valence-corrected chi connectivity index (χ2v) is 5.28. The molecule has 26 heavy (non-hydrogen) atoms. The molecule has 6 heteroatoms. The van der Waals surface area contributed by atoms with Gasteiger partial charge in [-0.15, -0.1) is 0 Å². The Labute approximate surface area is 183 Å². The molecule has 2 rings (SSSR count). The number of halogens is 1. The molecule has 0 heterocycles. The van der Waals surface area contributed by atoms with Crippen molar-refractivity contribution < 1.29 is 48.8 Å². The van der Waals surface area contributed by atoms with E-state index in [0.29, 0.717) is 0 Å². The zero-order chi connectivity index (χ0) is 17.9. The van der Waals surface area contributed by atoms with Crippen LogP contribution in [0.3, 0.4) is 0 Å². The van der Waals surface area contributed by atoms with Crippen LogP contribution in [0.5, 0.6) is 11.5 Å². The number of para-hydroxylation sites is 4. The van der Waals surface area contributed by atoms with Crippen molar-refractivity contribution in [3.63, 3.8) is 0 Å². The molecule has 0 aromatic heterocycles. The van der Waals surface area contributed by atoms with Gasteiger partial charge in [0.25, 0.3) is 0 Å². The van der Waals surface area contributed by atoms with E-state index in [4.69, 9.17) is 0 Å². The van der Waals surface area contributed by atoms with Gasteiger partial charge in [0.2, 0.25) is 0 Å². The molecule has 0 aliphatic heterocycles. The molecule has 0 saturated heterocycles. The first-order chi connectivity index (χ1) is 11.6. The van der Waals surface area contributed by atoms with E-state index in [1.807, 2.05) is 24.3 Å². The molecule has 0 aliphatic rings. The number of anilines is 2. The van der Waals surface area contributed by atoms with Gasteiger partial charge in [0.15, 0.2) is 0 Å². The van der Waals surface area contributed by atoms with Crippen LogP contribution in [-0.4, -0.2) is 26.2 Å². The number of hydrogen-bond donors (Lipinski definition) is 0. The first kappa shape index (κ1) is 27.0. The van der Waals surface area contributed by atoms with E-state index in [2.05, 4.69) is 37.5 Å². The molecular weight excluding hydrogens is 427 g/mol. The van der Waals surface area contributed by atoms with E-state index in [0.717, 1.165) is 37.6 Å². The molecule has 0 atom stereocenters. The van der Waals surface area contributed by atoms with Crippen LogP contribution >= 0.6 is 0 Å². The molecular formula is C20H28ClN2O2Zr. The van der Waals surface area contributed by atoms with Crippen molar-refractivity contribution in [3.05, 3.63) is 48.5 Å². The number of hydrogen-bond acceptors (Lipinski definition) is 4. The fourth-order valence-corrected chi connectivity index (χ4v) is 2.57. The van der Waals surface area contributed by atoms with E-state index >= 15 is 0 Å². The Morgan fingerprint density at radius 3 is 1.12 bits per heavy atom. The molecule has 0 N–H and O–H groups in total. The fraction of sp³-hybridized carbons (Fsp3) is 0.400. The topological polar surface area (TPSA) is 52.6 Å². The average molecular weight is 455 g/mol. The van der Waals surface area contributed by atoms with Gasteiger partial charge in [-0.3, -0.25) is 0 Å². The Balaban J connectivity index is 0. The van der Waals surface area contributed by atoms with Crippen molar-refractivity contribution in [3.8, 4) is 11.5 Å². The van der Waals surface area contributed by atoms with Crippen LogP contribution in [0, 0.1) is 0 Å². The molecule has 0 unspecified atom stereocenters. The third-order valence-electron chi connectivity index (χ3n) is 3.94. The summed E-state index contributed by atoms with van der Waals surface area (Å²) in [5.74, 6) is 0.224. The van der Waals surface area contributed by atoms with Gasteiger partial charge in [0.05, 0.1) is 0 Å². The fourth-order valence-electron chi connectivity index (χ4n) is 2.57. The van der Waals surface area contributed by atoms with E-state index in [1.54, 1.807) is 24.3 Å². The van der Waals surface area contributed by atoms with Crippen molar-refractivity contribution in [1.82, 2.24) is 0 Å². The molecule has 0 aliphatic carbocycles. The second kappa shape index (κ2) is 14.9. The van der Waals surface area contributed by atoms with Gasteiger partial charge in [-0.05, 0) is 39.8 Å². The first-order valence-electron chi connectivity index (χ1n) is 8.60. The van der Waals surface area contributed by atoms with Crippen molar-refractivity contribution >= 4 is 11.4 Å². The molecule has 1 radical (unpaired) electrons. The van der Waals surface area contributed by atoms with Gasteiger partial charge in [-0.25, -0.2) is 0 Å². The molecule has 2 aromatic rings. The SMILES string of the molecule is CCN(CC)c1ccccc1[O-].CCN(CC)c1ccccc1[O-].[Cl-].[Zr+3]. The van der Waals surface area contributed by atoms with Crippen molar-refractivity contribution in [2.75, 3.05) is 36.0 Å². The first-order valence-corrected chi connectivity index (χ1v) is 8.60. The standard InChI is InChI=1S/2C10H15NO.ClH.Zr/c2*1-3-11(4-2)9-7-5-6-8-10(9)12;;/h2*5-8,12H,3-4H2,1-2H3;1H;/q;;;+3/p-3. The van der Waals surface area contributed by atoms with Gasteiger partial charge >= 0.3 is 26.2 Å². The van der Waals surface area contributed by atoms with Crippen LogP contribution in [0.4, 0.5) is 11.4 Å². The molecule has 0 fully saturated rings. The predicted molar refractivity (Wildman–Crippen MR) is 98.9 cm³/mol. The molecule has 0 amide bonds. The molecule has 0 saturated carbocycles. The van der Waals surface area contributed by atoms with E-state index < -0.39 is 0 Å². The Bertz CT molecular complexity index is 552. The normalized spacial score (nSPS) is 9.08. The zero-order valence-corrected chi connectivity index (χ0v) is 19.3. The number of nitrogens with zero attached hydrogens (tertiary/aromatic N) is 2. The maximum Gasteiger partial charge on any atom is 3.00 e. The number of benzene rings is 2. The van der Waals surface area contributed by atoms with E-state index in [-0.39, 0.29) is 50.1 Å². The average Bonchev–Trinajstić information content (AvgIpc) is 2.61. The molecule has 0 bridgehead atoms. The van der Waals surface area contributed by atoms with Crippen molar-refractivity contribution in [1.29, 1.82) is 0 Å². The largest absolute Gasteiger partial charge is 3.00 e. The Morgan fingerprint density at radius 2 is 0.885 bits per heavy atom. The van der Waals surface area contributed by atoms with Crippen LogP contribution in [0.1, 0.15) is 27.7 Å². The summed E-state index contributed by atoms with van der Waals surface area (Å²) in [4.78, 5) is 4.12. The Morgan fingerprint density at radius 1 is 0.615 bits per heavy atom. The van der Waals surface area contributed by atoms with Gasteiger partial charge in [-0.1, -0.05) is 47.9 Å². The van der Waals surface area contributed by atoms with Crippen LogP contribution in [0.2, 0.25) is 0 Å². The summed E-state index contributed by atoms with van der Waals surface area (Å²) < 4.78 is 0. The van der Waals surface area contributed by atoms with Gasteiger partial charge < -0.3 is 32.4 Å². The minimum absolute atomic E-state index is 0. The maximum atomic E-state index is 11.3. The molecule has 4 nitrogen and oxygen atoms in total. The second-order valence-electron chi connectivity index (χ2n) is 5.28. The molecule has 0 spiro atoms. The molecule has 2 aromatic carbocycles. The summed E-state index contributed by atoms with van der Waals surface area (Å²) in [7, 11) is 0. The van der Waals surface area contributed by atoms with Crippen molar-refractivity contribution in [2.24, 2.45) is 0 Å². The van der Waals surface area contributed by atoms with Gasteiger partial charge in [0, 0.05) is 37.6 Å². The van der Waals surface area contributed by atoms with Crippen molar-refractivity contribution in [2.45, 2.75) is 27.7 Å². The van der Waals surface area contributed by atoms with Gasteiger partial charge in [0.1, 0.15) is 0 Å². The summed E-state index contributed by atoms with van der Waals surface area (Å²) in [6.45, 7) is 11.7. The van der Waals surface area contributed by atoms with Gasteiger partial charge in [-0.2, -0.15) is 0 Å². The monoisotopic (exact) mass is 453 g/mol. The van der Waals surface area contributed by atoms with Crippen LogP contribution in [0.15, 0.2) is 48.5 Å². The Kier molecular flexibility index (Phi) is 15.5. The predicted octanol–water partition coefficient (Wildman–Crippen LogP) is 0.214. The number of rotatable bonds is 6. The Hall–Kier alpha value is -1.19. The smallest absolute Gasteiger partial charge is 1.00 e. The maximum absolute atomic E-state index is 11.3. The van der Waals surface area contributed by atoms with E-state index in [9.17, 15) is 10.2 Å². The van der Waals surface area contributed by atoms with E-state index in [1.165, 1.54) is 0 Å². The van der Waals surface area contributed by atoms with Crippen LogP contribution < -0.4 is 32.4 Å². The quantitative estimate of drug-likeness (QED) is 0.626. The summed E-state index contributed by atoms with van der Waals surface area (Å²) in [6, 6.07) is 14.3. The minimum atomic E-state index is 0. The third-order valence-corrected chi connectivity index (χ3v) is 3.94. The third kappa shape index (κ3) is 8.01. The summed E-state index contributed by atoms with van der Waals surface area (Å²) in [6.07, 6.45) is 0. The summed E-state index contributed by atoms with van der Waals surface area (Å²) in [5.41, 5.74) is 1.62. The molecule has 141 valence electrons. The summed E-state index contributed by atoms with van der Waals surface area (Å²) in [5, 5.41) is 22.7. The van der Waals surface area contributed by atoms with Crippen LogP contribution in [-0.2, 0) is 26.2 Å².